The first-order valence-corrected chi connectivity index (χ1v) is 8.08. The number of rotatable bonds is 7. The summed E-state index contributed by atoms with van der Waals surface area (Å²) in [6.45, 7) is 3.47. The van der Waals surface area contributed by atoms with Gasteiger partial charge in [-0.05, 0) is 37.7 Å². The van der Waals surface area contributed by atoms with Gasteiger partial charge < -0.3 is 11.1 Å². The zero-order valence-corrected chi connectivity index (χ0v) is 12.3. The minimum absolute atomic E-state index is 0.269. The molecule has 3 rings (SSSR count). The largest absolute Gasteiger partial charge is 0.327 e. The molecule has 2 atom stereocenters. The molecule has 1 aromatic rings. The number of nitrogens with one attached hydrogen (secondary N) is 1. The lowest BCUT2D eigenvalue weighted by molar-refractivity contribution is 0.316. The van der Waals surface area contributed by atoms with Gasteiger partial charge in [0.1, 0.15) is 0 Å². The summed E-state index contributed by atoms with van der Waals surface area (Å²) in [5.74, 6) is 0. The van der Waals surface area contributed by atoms with Crippen molar-refractivity contribution in [1.29, 1.82) is 0 Å². The van der Waals surface area contributed by atoms with Crippen molar-refractivity contribution in [3.63, 3.8) is 0 Å². The standard InChI is InChI=1S/C17H27N3/c18-15(7-6-14-4-2-1-3-5-14)12-19-16-10-11-20(13-16)17-8-9-17/h1-5,15-17,19H,6-13,18H2. The number of likely N-dealkylation sites (tertiary alicyclic amines) is 1. The van der Waals surface area contributed by atoms with Gasteiger partial charge in [0.15, 0.2) is 0 Å². The van der Waals surface area contributed by atoms with Crippen molar-refractivity contribution < 1.29 is 0 Å². The van der Waals surface area contributed by atoms with Crippen molar-refractivity contribution in [2.45, 2.75) is 50.2 Å². The summed E-state index contributed by atoms with van der Waals surface area (Å²) in [4.78, 5) is 2.65. The van der Waals surface area contributed by atoms with E-state index in [4.69, 9.17) is 5.73 Å². The van der Waals surface area contributed by atoms with Crippen LogP contribution in [0.4, 0.5) is 0 Å². The van der Waals surface area contributed by atoms with Crippen LogP contribution in [-0.2, 0) is 6.42 Å². The molecule has 1 saturated carbocycles. The van der Waals surface area contributed by atoms with E-state index in [9.17, 15) is 0 Å². The van der Waals surface area contributed by atoms with Gasteiger partial charge in [-0.2, -0.15) is 0 Å². The quantitative estimate of drug-likeness (QED) is 0.795. The number of benzene rings is 1. The fraction of sp³-hybridized carbons (Fsp3) is 0.647. The van der Waals surface area contributed by atoms with Gasteiger partial charge in [0, 0.05) is 37.8 Å². The third kappa shape index (κ3) is 4.05. The number of aryl methyl sites for hydroxylation is 1. The predicted molar refractivity (Wildman–Crippen MR) is 83.7 cm³/mol. The molecule has 2 aliphatic rings. The van der Waals surface area contributed by atoms with Gasteiger partial charge >= 0.3 is 0 Å². The Bertz CT molecular complexity index is 402. The van der Waals surface area contributed by atoms with Gasteiger partial charge in [0.25, 0.3) is 0 Å². The molecule has 0 bridgehead atoms. The summed E-state index contributed by atoms with van der Waals surface area (Å²) < 4.78 is 0. The summed E-state index contributed by atoms with van der Waals surface area (Å²) >= 11 is 0. The maximum absolute atomic E-state index is 6.23. The maximum atomic E-state index is 6.23. The summed E-state index contributed by atoms with van der Waals surface area (Å²) in [5.41, 5.74) is 7.62. The Hall–Kier alpha value is -0.900. The smallest absolute Gasteiger partial charge is 0.0207 e. The zero-order valence-electron chi connectivity index (χ0n) is 12.3. The van der Waals surface area contributed by atoms with Crippen LogP contribution in [0.15, 0.2) is 30.3 Å². The lowest BCUT2D eigenvalue weighted by atomic mass is 10.1. The average molecular weight is 273 g/mol. The van der Waals surface area contributed by atoms with Gasteiger partial charge in [-0.25, -0.2) is 0 Å². The van der Waals surface area contributed by atoms with Crippen LogP contribution in [0.3, 0.4) is 0 Å². The molecule has 1 aromatic carbocycles. The monoisotopic (exact) mass is 273 g/mol. The Balaban J connectivity index is 1.32. The van der Waals surface area contributed by atoms with Crippen LogP contribution in [0.2, 0.25) is 0 Å². The van der Waals surface area contributed by atoms with Gasteiger partial charge in [-0.1, -0.05) is 30.3 Å². The van der Waals surface area contributed by atoms with Gasteiger partial charge in [0.05, 0.1) is 0 Å². The zero-order chi connectivity index (χ0) is 13.8. The highest BCUT2D eigenvalue weighted by Crippen LogP contribution is 2.29. The molecule has 1 aliphatic heterocycles. The minimum atomic E-state index is 0.269. The topological polar surface area (TPSA) is 41.3 Å². The molecule has 0 radical (unpaired) electrons. The summed E-state index contributed by atoms with van der Waals surface area (Å²) in [6, 6.07) is 12.5. The highest BCUT2D eigenvalue weighted by molar-refractivity contribution is 5.14. The van der Waals surface area contributed by atoms with Crippen LogP contribution in [0.1, 0.15) is 31.2 Å². The van der Waals surface area contributed by atoms with E-state index >= 15 is 0 Å². The SMILES string of the molecule is NC(CCc1ccccc1)CNC1CCN(C2CC2)C1. The Kier molecular flexibility index (Phi) is 4.71. The van der Waals surface area contributed by atoms with Crippen LogP contribution >= 0.6 is 0 Å². The first kappa shape index (κ1) is 14.1. The normalized spacial score (nSPS) is 24.9. The van der Waals surface area contributed by atoms with Crippen LogP contribution in [-0.4, -0.2) is 42.7 Å². The van der Waals surface area contributed by atoms with E-state index in [1.807, 2.05) is 0 Å². The molecular formula is C17H27N3. The van der Waals surface area contributed by atoms with Crippen molar-refractivity contribution in [2.75, 3.05) is 19.6 Å². The third-order valence-electron chi connectivity index (χ3n) is 4.60. The summed E-state index contributed by atoms with van der Waals surface area (Å²) in [5, 5.41) is 3.66. The molecule has 20 heavy (non-hydrogen) atoms. The lowest BCUT2D eigenvalue weighted by Gasteiger charge is -2.18. The molecule has 2 fully saturated rings. The second-order valence-electron chi connectivity index (χ2n) is 6.40. The van der Waals surface area contributed by atoms with Crippen molar-refractivity contribution in [3.05, 3.63) is 35.9 Å². The number of nitrogens with zero attached hydrogens (tertiary/aromatic N) is 1. The molecule has 1 heterocycles. The summed E-state index contributed by atoms with van der Waals surface area (Å²) in [6.07, 6.45) is 6.28. The molecule has 1 saturated heterocycles. The summed E-state index contributed by atoms with van der Waals surface area (Å²) in [7, 11) is 0. The highest BCUT2D eigenvalue weighted by Gasteiger charge is 2.34. The third-order valence-corrected chi connectivity index (χ3v) is 4.60. The van der Waals surface area contributed by atoms with E-state index in [-0.39, 0.29) is 6.04 Å². The predicted octanol–water partition coefficient (Wildman–Crippen LogP) is 1.77. The lowest BCUT2D eigenvalue weighted by Crippen LogP contribution is -2.41. The maximum Gasteiger partial charge on any atom is 0.0207 e. The van der Waals surface area contributed by atoms with Crippen molar-refractivity contribution in [2.24, 2.45) is 5.73 Å². The van der Waals surface area contributed by atoms with E-state index in [0.717, 1.165) is 25.4 Å². The molecule has 0 amide bonds. The molecule has 1 aliphatic carbocycles. The van der Waals surface area contributed by atoms with Crippen LogP contribution in [0.25, 0.3) is 0 Å². The van der Waals surface area contributed by atoms with Crippen LogP contribution < -0.4 is 11.1 Å². The molecule has 0 aromatic heterocycles. The average Bonchev–Trinajstić information content (AvgIpc) is 3.23. The van der Waals surface area contributed by atoms with Crippen LogP contribution in [0, 0.1) is 0 Å². The first-order chi connectivity index (χ1) is 9.81. The molecule has 3 heteroatoms. The molecule has 2 unspecified atom stereocenters. The second kappa shape index (κ2) is 6.70. The second-order valence-corrected chi connectivity index (χ2v) is 6.40. The van der Waals surface area contributed by atoms with E-state index in [2.05, 4.69) is 40.5 Å². The molecule has 110 valence electrons. The number of hydrogen-bond donors (Lipinski definition) is 2. The van der Waals surface area contributed by atoms with Gasteiger partial charge in [-0.15, -0.1) is 0 Å². The van der Waals surface area contributed by atoms with E-state index < -0.39 is 0 Å². The van der Waals surface area contributed by atoms with E-state index in [0.29, 0.717) is 6.04 Å². The van der Waals surface area contributed by atoms with Crippen molar-refractivity contribution >= 4 is 0 Å². The Morgan fingerprint density at radius 2 is 2.00 bits per heavy atom. The Labute approximate surface area is 122 Å². The number of hydrogen-bond acceptors (Lipinski definition) is 3. The van der Waals surface area contributed by atoms with Crippen LogP contribution in [0.5, 0.6) is 0 Å². The van der Waals surface area contributed by atoms with Crippen molar-refractivity contribution in [1.82, 2.24) is 10.2 Å². The van der Waals surface area contributed by atoms with Gasteiger partial charge in [0.2, 0.25) is 0 Å². The number of nitrogens with two attached hydrogens (primary N) is 1. The molecule has 0 spiro atoms. The van der Waals surface area contributed by atoms with Gasteiger partial charge in [-0.3, -0.25) is 4.90 Å². The highest BCUT2D eigenvalue weighted by atomic mass is 15.2. The first-order valence-electron chi connectivity index (χ1n) is 8.08. The fourth-order valence-electron chi connectivity index (χ4n) is 3.14. The van der Waals surface area contributed by atoms with Crippen molar-refractivity contribution in [3.8, 4) is 0 Å². The molecular weight excluding hydrogens is 246 g/mol. The minimum Gasteiger partial charge on any atom is -0.327 e. The Morgan fingerprint density at radius 1 is 1.20 bits per heavy atom. The molecule has 3 N–H and O–H groups in total. The fourth-order valence-corrected chi connectivity index (χ4v) is 3.14. The Morgan fingerprint density at radius 3 is 2.75 bits per heavy atom. The molecule has 3 nitrogen and oxygen atoms in total. The van der Waals surface area contributed by atoms with E-state index in [1.54, 1.807) is 0 Å². The van der Waals surface area contributed by atoms with E-state index in [1.165, 1.54) is 37.9 Å².